The van der Waals surface area contributed by atoms with E-state index in [4.69, 9.17) is 14.2 Å². The van der Waals surface area contributed by atoms with Gasteiger partial charge in [-0.3, -0.25) is 4.90 Å². The Morgan fingerprint density at radius 2 is 1.73 bits per heavy atom. The topological polar surface area (TPSA) is 92.3 Å². The first-order chi connectivity index (χ1) is 21.2. The summed E-state index contributed by atoms with van der Waals surface area (Å²) in [7, 11) is 5.19. The number of hydrogen-bond donors (Lipinski definition) is 1. The van der Waals surface area contributed by atoms with Crippen LogP contribution in [0.4, 0.5) is 32.3 Å². The molecule has 2 heterocycles. The fourth-order valence-corrected chi connectivity index (χ4v) is 5.09. The van der Waals surface area contributed by atoms with Crippen molar-refractivity contribution in [2.45, 2.75) is 20.4 Å². The van der Waals surface area contributed by atoms with Crippen LogP contribution in [0.1, 0.15) is 16.7 Å². The summed E-state index contributed by atoms with van der Waals surface area (Å²) < 4.78 is 32.1. The molecule has 3 aromatic carbocycles. The van der Waals surface area contributed by atoms with Crippen LogP contribution < -0.4 is 29.3 Å². The molecule has 230 valence electrons. The minimum absolute atomic E-state index is 0.0644. The number of aryl methyl sites for hydroxylation is 2. The molecular formula is C33H37FN6O4. The summed E-state index contributed by atoms with van der Waals surface area (Å²) in [5, 5.41) is 3.08. The number of hydrogen-bond acceptors (Lipinski definition) is 9. The number of carbonyl (C=O) groups is 1. The van der Waals surface area contributed by atoms with E-state index in [1.54, 1.807) is 50.6 Å². The molecule has 44 heavy (non-hydrogen) atoms. The summed E-state index contributed by atoms with van der Waals surface area (Å²) in [6.45, 7) is 7.11. The Kier molecular flexibility index (Phi) is 9.44. The highest BCUT2D eigenvalue weighted by Crippen LogP contribution is 2.30. The first kappa shape index (κ1) is 30.6. The molecule has 1 aromatic heterocycles. The number of anilines is 4. The molecule has 0 unspecified atom stereocenters. The zero-order valence-corrected chi connectivity index (χ0v) is 25.6. The van der Waals surface area contributed by atoms with Crippen LogP contribution >= 0.6 is 0 Å². The third kappa shape index (κ3) is 7.00. The highest BCUT2D eigenvalue weighted by molar-refractivity contribution is 5.88. The summed E-state index contributed by atoms with van der Waals surface area (Å²) >= 11 is 0. The lowest BCUT2D eigenvalue weighted by atomic mass is 10.1. The van der Waals surface area contributed by atoms with Crippen LogP contribution in [0.3, 0.4) is 0 Å². The number of piperazine rings is 1. The van der Waals surface area contributed by atoms with Crippen molar-refractivity contribution < 1.29 is 23.4 Å². The number of para-hydroxylation sites is 1. The number of rotatable bonds is 9. The molecule has 10 nitrogen and oxygen atoms in total. The first-order valence-corrected chi connectivity index (χ1v) is 14.3. The maximum absolute atomic E-state index is 15.2. The van der Waals surface area contributed by atoms with Crippen molar-refractivity contribution in [3.8, 4) is 17.2 Å². The molecule has 4 aromatic rings. The molecule has 1 aliphatic rings. The molecule has 0 atom stereocenters. The smallest absolute Gasteiger partial charge is 0.421 e. The van der Waals surface area contributed by atoms with Gasteiger partial charge in [-0.2, -0.15) is 4.98 Å². The van der Waals surface area contributed by atoms with Gasteiger partial charge in [-0.1, -0.05) is 18.2 Å². The van der Waals surface area contributed by atoms with Crippen molar-refractivity contribution in [3.05, 3.63) is 89.4 Å². The predicted molar refractivity (Wildman–Crippen MR) is 169 cm³/mol. The molecule has 11 heteroatoms. The Morgan fingerprint density at radius 1 is 0.977 bits per heavy atom. The van der Waals surface area contributed by atoms with Crippen LogP contribution in [0, 0.1) is 19.7 Å². The molecule has 0 radical (unpaired) electrons. The number of aromatic nitrogens is 2. The number of carbonyl (C=O) groups excluding carboxylic acids is 1. The van der Waals surface area contributed by atoms with Crippen molar-refractivity contribution in [2.75, 3.05) is 62.6 Å². The van der Waals surface area contributed by atoms with Gasteiger partial charge in [0.15, 0.2) is 0 Å². The number of ether oxygens (including phenoxy) is 3. The largest absolute Gasteiger partial charge is 0.497 e. The van der Waals surface area contributed by atoms with Crippen molar-refractivity contribution in [2.24, 2.45) is 0 Å². The number of methoxy groups -OCH3 is 2. The number of amides is 1. The van der Waals surface area contributed by atoms with Gasteiger partial charge in [-0.25, -0.2) is 14.2 Å². The summed E-state index contributed by atoms with van der Waals surface area (Å²) in [5.74, 6) is 1.79. The van der Waals surface area contributed by atoms with Crippen LogP contribution in [0.25, 0.3) is 0 Å². The van der Waals surface area contributed by atoms with E-state index in [0.717, 1.165) is 37.3 Å². The average Bonchev–Trinajstić information content (AvgIpc) is 3.02. The average molecular weight is 601 g/mol. The van der Waals surface area contributed by atoms with Gasteiger partial charge < -0.3 is 29.3 Å². The number of benzene rings is 3. The van der Waals surface area contributed by atoms with Crippen LogP contribution in [0.2, 0.25) is 0 Å². The lowest BCUT2D eigenvalue weighted by Gasteiger charge is -2.34. The molecule has 0 bridgehead atoms. The fraction of sp³-hybridized carbons (Fsp3) is 0.303. The number of likely N-dealkylation sites (N-methyl/N-ethyl adjacent to an activating group) is 1. The Bertz CT molecular complexity index is 1610. The molecule has 1 fully saturated rings. The lowest BCUT2D eigenvalue weighted by Crippen LogP contribution is -2.44. The number of halogens is 1. The normalized spacial score (nSPS) is 13.4. The minimum atomic E-state index is -0.639. The van der Waals surface area contributed by atoms with Crippen LogP contribution in [0.5, 0.6) is 17.2 Å². The standard InChI is InChI=1S/C33H37FN6O4/c1-22-7-6-8-23(2)31(22)44-33(41)40(21-24-19-26(42-4)10-12-29(24)43-5)30-13-14-35-32(37-30)36-25-9-11-28(27(34)20-25)39-17-15-38(3)16-18-39/h6-14,19-20H,15-18,21H2,1-5H3,(H,35,36,37). The van der Waals surface area contributed by atoms with Crippen LogP contribution in [-0.4, -0.2) is 68.4 Å². The summed E-state index contributed by atoms with van der Waals surface area (Å²) in [6.07, 6.45) is 0.890. The van der Waals surface area contributed by atoms with E-state index >= 15 is 4.39 Å². The second kappa shape index (κ2) is 13.6. The van der Waals surface area contributed by atoms with Crippen molar-refractivity contribution in [1.29, 1.82) is 0 Å². The molecule has 0 aliphatic carbocycles. The zero-order chi connectivity index (χ0) is 31.2. The van der Waals surface area contributed by atoms with Gasteiger partial charge in [0, 0.05) is 43.6 Å². The number of nitrogens with zero attached hydrogens (tertiary/aromatic N) is 5. The van der Waals surface area contributed by atoms with Gasteiger partial charge in [0.1, 0.15) is 28.9 Å². The summed E-state index contributed by atoms with van der Waals surface area (Å²) in [5.41, 5.74) is 3.37. The summed E-state index contributed by atoms with van der Waals surface area (Å²) in [6, 6.07) is 17.6. The van der Waals surface area contributed by atoms with E-state index in [-0.39, 0.29) is 24.1 Å². The Hall–Kier alpha value is -4.90. The van der Waals surface area contributed by atoms with Gasteiger partial charge >= 0.3 is 6.09 Å². The summed E-state index contributed by atoms with van der Waals surface area (Å²) in [4.78, 5) is 28.4. The molecule has 0 saturated carbocycles. The predicted octanol–water partition coefficient (Wildman–Crippen LogP) is 5.95. The van der Waals surface area contributed by atoms with Gasteiger partial charge in [0.05, 0.1) is 26.5 Å². The zero-order valence-electron chi connectivity index (χ0n) is 25.6. The highest BCUT2D eigenvalue weighted by Gasteiger charge is 2.24. The van der Waals surface area contributed by atoms with Gasteiger partial charge in [0.2, 0.25) is 5.95 Å². The van der Waals surface area contributed by atoms with Gasteiger partial charge in [-0.15, -0.1) is 0 Å². The van der Waals surface area contributed by atoms with Gasteiger partial charge in [0.25, 0.3) is 0 Å². The SMILES string of the molecule is COc1ccc(OC)c(CN(C(=O)Oc2c(C)cccc2C)c2ccnc(Nc3ccc(N4CCN(C)CC4)c(F)c3)n2)c1. The third-order valence-corrected chi connectivity index (χ3v) is 7.60. The minimum Gasteiger partial charge on any atom is -0.497 e. The van der Waals surface area contributed by atoms with E-state index in [2.05, 4.69) is 27.2 Å². The Labute approximate surface area is 257 Å². The van der Waals surface area contributed by atoms with E-state index in [1.807, 2.05) is 36.9 Å². The Morgan fingerprint density at radius 3 is 2.41 bits per heavy atom. The van der Waals surface area contributed by atoms with E-state index < -0.39 is 6.09 Å². The second-order valence-electron chi connectivity index (χ2n) is 10.7. The molecule has 1 N–H and O–H groups in total. The van der Waals surface area contributed by atoms with Crippen molar-refractivity contribution in [3.63, 3.8) is 0 Å². The fourth-order valence-electron chi connectivity index (χ4n) is 5.09. The van der Waals surface area contributed by atoms with Crippen LogP contribution in [-0.2, 0) is 6.54 Å². The third-order valence-electron chi connectivity index (χ3n) is 7.60. The maximum atomic E-state index is 15.2. The quantitative estimate of drug-likeness (QED) is 0.250. The Balaban J connectivity index is 1.44. The lowest BCUT2D eigenvalue weighted by molar-refractivity contribution is 0.206. The first-order valence-electron chi connectivity index (χ1n) is 14.3. The van der Waals surface area contributed by atoms with E-state index in [0.29, 0.717) is 34.2 Å². The van der Waals surface area contributed by atoms with E-state index in [1.165, 1.54) is 17.2 Å². The second-order valence-corrected chi connectivity index (χ2v) is 10.7. The highest BCUT2D eigenvalue weighted by atomic mass is 19.1. The molecule has 1 saturated heterocycles. The maximum Gasteiger partial charge on any atom is 0.421 e. The molecule has 0 spiro atoms. The van der Waals surface area contributed by atoms with Crippen molar-refractivity contribution >= 4 is 29.2 Å². The molecular weight excluding hydrogens is 563 g/mol. The molecule has 1 aliphatic heterocycles. The van der Waals surface area contributed by atoms with Crippen molar-refractivity contribution in [1.82, 2.24) is 14.9 Å². The molecule has 5 rings (SSSR count). The van der Waals surface area contributed by atoms with Crippen LogP contribution in [0.15, 0.2) is 66.9 Å². The monoisotopic (exact) mass is 600 g/mol. The van der Waals surface area contributed by atoms with E-state index in [9.17, 15) is 4.79 Å². The van der Waals surface area contributed by atoms with Gasteiger partial charge in [-0.05, 0) is 74.5 Å². The number of nitrogens with one attached hydrogen (secondary N) is 1. The molecule has 1 amide bonds.